The van der Waals surface area contributed by atoms with Crippen LogP contribution in [0.1, 0.15) is 39.0 Å². The Balaban J connectivity index is 1.89. The average Bonchev–Trinajstić information content (AvgIpc) is 2.79. The molecule has 0 N–H and O–H groups in total. The number of amides is 1. The summed E-state index contributed by atoms with van der Waals surface area (Å²) >= 11 is 0. The fraction of sp³-hybridized carbons (Fsp3) is 0.909. The fourth-order valence-electron chi connectivity index (χ4n) is 2.62. The summed E-state index contributed by atoms with van der Waals surface area (Å²) < 4.78 is 0. The molecule has 0 spiro atoms. The monoisotopic (exact) mass is 181 g/mol. The highest BCUT2D eigenvalue weighted by Crippen LogP contribution is 2.48. The SMILES string of the molecule is CC(=O)N(C)C1CCC2CC2CC1. The highest BCUT2D eigenvalue weighted by molar-refractivity contribution is 5.73. The molecular weight excluding hydrogens is 162 g/mol. The van der Waals surface area contributed by atoms with E-state index in [1.54, 1.807) is 6.92 Å². The molecule has 0 aromatic heterocycles. The molecule has 0 radical (unpaired) electrons. The molecule has 0 aromatic rings. The predicted octanol–water partition coefficient (Wildman–Crippen LogP) is 2.04. The minimum Gasteiger partial charge on any atom is -0.343 e. The molecule has 2 atom stereocenters. The summed E-state index contributed by atoms with van der Waals surface area (Å²) in [5, 5.41) is 0. The molecule has 0 heterocycles. The third kappa shape index (κ3) is 1.87. The van der Waals surface area contributed by atoms with Gasteiger partial charge in [0, 0.05) is 20.0 Å². The minimum atomic E-state index is 0.223. The van der Waals surface area contributed by atoms with E-state index in [4.69, 9.17) is 0 Å². The van der Waals surface area contributed by atoms with Crippen molar-refractivity contribution in [3.05, 3.63) is 0 Å². The van der Waals surface area contributed by atoms with E-state index in [-0.39, 0.29) is 5.91 Å². The number of carbonyl (C=O) groups is 1. The van der Waals surface area contributed by atoms with Crippen LogP contribution < -0.4 is 0 Å². The molecule has 2 fully saturated rings. The van der Waals surface area contributed by atoms with Crippen molar-refractivity contribution in [3.63, 3.8) is 0 Å². The zero-order chi connectivity index (χ0) is 9.42. The summed E-state index contributed by atoms with van der Waals surface area (Å²) in [5.74, 6) is 2.26. The van der Waals surface area contributed by atoms with Gasteiger partial charge in [-0.3, -0.25) is 4.79 Å². The summed E-state index contributed by atoms with van der Waals surface area (Å²) in [6.45, 7) is 1.67. The Hall–Kier alpha value is -0.530. The third-order valence-corrected chi connectivity index (χ3v) is 3.85. The maximum absolute atomic E-state index is 11.2. The number of hydrogen-bond donors (Lipinski definition) is 0. The van der Waals surface area contributed by atoms with Gasteiger partial charge in [-0.05, 0) is 43.9 Å². The standard InChI is InChI=1S/C11H19NO/c1-8(13)12(2)11-5-3-9-7-10(9)4-6-11/h9-11H,3-7H2,1-2H3. The smallest absolute Gasteiger partial charge is 0.219 e. The van der Waals surface area contributed by atoms with Crippen molar-refractivity contribution in [2.45, 2.75) is 45.1 Å². The zero-order valence-electron chi connectivity index (χ0n) is 8.62. The molecule has 2 rings (SSSR count). The molecule has 0 aliphatic heterocycles. The van der Waals surface area contributed by atoms with E-state index in [2.05, 4.69) is 0 Å². The highest BCUT2D eigenvalue weighted by atomic mass is 16.2. The molecule has 74 valence electrons. The number of rotatable bonds is 1. The topological polar surface area (TPSA) is 20.3 Å². The molecule has 2 aliphatic rings. The number of nitrogens with zero attached hydrogens (tertiary/aromatic N) is 1. The van der Waals surface area contributed by atoms with E-state index < -0.39 is 0 Å². The van der Waals surface area contributed by atoms with Crippen LogP contribution in [0.5, 0.6) is 0 Å². The first kappa shape index (κ1) is 9.04. The van der Waals surface area contributed by atoms with Crippen LogP contribution in [0.25, 0.3) is 0 Å². The van der Waals surface area contributed by atoms with Crippen molar-refractivity contribution in [2.75, 3.05) is 7.05 Å². The van der Waals surface area contributed by atoms with Gasteiger partial charge in [-0.25, -0.2) is 0 Å². The molecular formula is C11H19NO. The Kier molecular flexibility index (Phi) is 2.31. The summed E-state index contributed by atoms with van der Waals surface area (Å²) in [4.78, 5) is 13.1. The van der Waals surface area contributed by atoms with E-state index >= 15 is 0 Å². The van der Waals surface area contributed by atoms with Crippen molar-refractivity contribution in [2.24, 2.45) is 11.8 Å². The van der Waals surface area contributed by atoms with Gasteiger partial charge in [0.25, 0.3) is 0 Å². The first-order valence-electron chi connectivity index (χ1n) is 5.42. The number of fused-ring (bicyclic) bond motifs is 1. The van der Waals surface area contributed by atoms with Crippen LogP contribution >= 0.6 is 0 Å². The molecule has 2 heteroatoms. The first-order chi connectivity index (χ1) is 6.18. The van der Waals surface area contributed by atoms with Crippen molar-refractivity contribution in [1.82, 2.24) is 4.90 Å². The lowest BCUT2D eigenvalue weighted by molar-refractivity contribution is -0.129. The van der Waals surface area contributed by atoms with Crippen molar-refractivity contribution >= 4 is 5.91 Å². The largest absolute Gasteiger partial charge is 0.343 e. The molecule has 2 aliphatic carbocycles. The fourth-order valence-corrected chi connectivity index (χ4v) is 2.62. The van der Waals surface area contributed by atoms with Gasteiger partial charge in [-0.1, -0.05) is 0 Å². The second kappa shape index (κ2) is 3.32. The van der Waals surface area contributed by atoms with Gasteiger partial charge in [0.15, 0.2) is 0 Å². The summed E-state index contributed by atoms with van der Waals surface area (Å²) in [6, 6.07) is 0.533. The van der Waals surface area contributed by atoms with E-state index in [1.807, 2.05) is 11.9 Å². The molecule has 1 amide bonds. The van der Waals surface area contributed by atoms with Gasteiger partial charge >= 0.3 is 0 Å². The first-order valence-corrected chi connectivity index (χ1v) is 5.42. The summed E-state index contributed by atoms with van der Waals surface area (Å²) in [7, 11) is 1.95. The molecule has 2 unspecified atom stereocenters. The molecule has 2 saturated carbocycles. The number of hydrogen-bond acceptors (Lipinski definition) is 1. The van der Waals surface area contributed by atoms with E-state index in [1.165, 1.54) is 32.1 Å². The summed E-state index contributed by atoms with van der Waals surface area (Å²) in [6.07, 6.45) is 6.64. The Labute approximate surface area is 80.3 Å². The Morgan fingerprint density at radius 3 is 2.15 bits per heavy atom. The minimum absolute atomic E-state index is 0.223. The van der Waals surface area contributed by atoms with Crippen LogP contribution in [-0.2, 0) is 4.79 Å². The predicted molar refractivity (Wildman–Crippen MR) is 52.3 cm³/mol. The van der Waals surface area contributed by atoms with Crippen LogP contribution in [0.3, 0.4) is 0 Å². The molecule has 0 bridgehead atoms. The van der Waals surface area contributed by atoms with Gasteiger partial charge in [-0.15, -0.1) is 0 Å². The Bertz CT molecular complexity index is 202. The van der Waals surface area contributed by atoms with Crippen molar-refractivity contribution in [3.8, 4) is 0 Å². The second-order valence-electron chi connectivity index (χ2n) is 4.69. The molecule has 13 heavy (non-hydrogen) atoms. The zero-order valence-corrected chi connectivity index (χ0v) is 8.62. The van der Waals surface area contributed by atoms with Gasteiger partial charge in [-0.2, -0.15) is 0 Å². The summed E-state index contributed by atoms with van der Waals surface area (Å²) in [5.41, 5.74) is 0. The normalized spacial score (nSPS) is 37.5. The lowest BCUT2D eigenvalue weighted by atomic mass is 10.1. The lowest BCUT2D eigenvalue weighted by Gasteiger charge is -2.26. The van der Waals surface area contributed by atoms with Crippen LogP contribution in [0.2, 0.25) is 0 Å². The van der Waals surface area contributed by atoms with Gasteiger partial charge in [0.05, 0.1) is 0 Å². The Morgan fingerprint density at radius 2 is 1.69 bits per heavy atom. The van der Waals surface area contributed by atoms with Gasteiger partial charge in [0.2, 0.25) is 5.91 Å². The van der Waals surface area contributed by atoms with E-state index in [9.17, 15) is 4.79 Å². The van der Waals surface area contributed by atoms with Gasteiger partial charge < -0.3 is 4.90 Å². The Morgan fingerprint density at radius 1 is 1.15 bits per heavy atom. The third-order valence-electron chi connectivity index (χ3n) is 3.85. The molecule has 0 aromatic carbocycles. The quantitative estimate of drug-likeness (QED) is 0.606. The maximum atomic E-state index is 11.2. The maximum Gasteiger partial charge on any atom is 0.219 e. The highest BCUT2D eigenvalue weighted by Gasteiger charge is 2.39. The van der Waals surface area contributed by atoms with E-state index in [0.29, 0.717) is 6.04 Å². The number of carbonyl (C=O) groups excluding carboxylic acids is 1. The van der Waals surface area contributed by atoms with Gasteiger partial charge in [0.1, 0.15) is 0 Å². The second-order valence-corrected chi connectivity index (χ2v) is 4.69. The van der Waals surface area contributed by atoms with Crippen molar-refractivity contribution < 1.29 is 4.79 Å². The van der Waals surface area contributed by atoms with Crippen LogP contribution in [0.4, 0.5) is 0 Å². The van der Waals surface area contributed by atoms with Crippen LogP contribution in [0.15, 0.2) is 0 Å². The molecule has 0 saturated heterocycles. The average molecular weight is 181 g/mol. The van der Waals surface area contributed by atoms with E-state index in [0.717, 1.165) is 11.8 Å². The van der Waals surface area contributed by atoms with Crippen LogP contribution in [-0.4, -0.2) is 23.9 Å². The lowest BCUT2D eigenvalue weighted by Crippen LogP contribution is -2.35. The van der Waals surface area contributed by atoms with Crippen LogP contribution in [0, 0.1) is 11.8 Å². The molecule has 2 nitrogen and oxygen atoms in total. The van der Waals surface area contributed by atoms with Crippen molar-refractivity contribution in [1.29, 1.82) is 0 Å².